The number of hydrogen-bond donors (Lipinski definition) is 1. The first-order valence-electron chi connectivity index (χ1n) is 11.3. The van der Waals surface area contributed by atoms with Gasteiger partial charge in [-0.3, -0.25) is 10.1 Å². The van der Waals surface area contributed by atoms with Crippen molar-refractivity contribution in [2.45, 2.75) is 13.8 Å². The standard InChI is InChI=1S/C27H29FN4O2/c1-19-7-6-8-22(17-19)29-27(30-26(33)21-12-11-20(2)23(28)18-21)32-15-13-31(14-16-32)24-9-4-5-10-25(24)34-3/h4-12,17-18H,13-16H2,1-3H3,(H,29,30,33). The van der Waals surface area contributed by atoms with Crippen LogP contribution in [0, 0.1) is 19.7 Å². The van der Waals surface area contributed by atoms with Crippen molar-refractivity contribution < 1.29 is 13.9 Å². The first kappa shape index (κ1) is 23.3. The molecule has 0 unspecified atom stereocenters. The molecule has 4 rings (SSSR count). The fourth-order valence-electron chi connectivity index (χ4n) is 3.96. The Labute approximate surface area is 199 Å². The summed E-state index contributed by atoms with van der Waals surface area (Å²) in [5.41, 5.74) is 3.62. The van der Waals surface area contributed by atoms with E-state index >= 15 is 0 Å². The number of ether oxygens (including phenoxy) is 1. The maximum absolute atomic E-state index is 14.1. The Balaban J connectivity index is 1.56. The van der Waals surface area contributed by atoms with E-state index in [0.717, 1.165) is 35.8 Å². The monoisotopic (exact) mass is 460 g/mol. The zero-order chi connectivity index (χ0) is 24.1. The Morgan fingerprint density at radius 2 is 1.74 bits per heavy atom. The van der Waals surface area contributed by atoms with Crippen LogP contribution in [0.1, 0.15) is 21.5 Å². The molecule has 0 bridgehead atoms. The molecular formula is C27H29FN4O2. The molecule has 0 saturated carbocycles. The number of nitrogens with one attached hydrogen (secondary N) is 1. The number of carbonyl (C=O) groups excluding carboxylic acids is 1. The molecule has 0 aliphatic carbocycles. The molecule has 34 heavy (non-hydrogen) atoms. The number of methoxy groups -OCH3 is 1. The van der Waals surface area contributed by atoms with Gasteiger partial charge in [0.25, 0.3) is 5.91 Å². The minimum absolute atomic E-state index is 0.257. The Morgan fingerprint density at radius 1 is 0.971 bits per heavy atom. The minimum atomic E-state index is -0.407. The van der Waals surface area contributed by atoms with E-state index in [1.807, 2.05) is 55.5 Å². The van der Waals surface area contributed by atoms with Gasteiger partial charge in [-0.25, -0.2) is 9.38 Å². The van der Waals surface area contributed by atoms with Crippen molar-refractivity contribution in [3.63, 3.8) is 0 Å². The fourth-order valence-corrected chi connectivity index (χ4v) is 3.96. The molecule has 176 valence electrons. The molecule has 1 aliphatic rings. The van der Waals surface area contributed by atoms with E-state index in [0.29, 0.717) is 24.6 Å². The van der Waals surface area contributed by atoms with Gasteiger partial charge in [0.1, 0.15) is 11.6 Å². The average molecular weight is 461 g/mol. The van der Waals surface area contributed by atoms with Gasteiger partial charge < -0.3 is 14.5 Å². The molecule has 3 aromatic carbocycles. The average Bonchev–Trinajstić information content (AvgIpc) is 2.85. The van der Waals surface area contributed by atoms with Crippen LogP contribution in [0.2, 0.25) is 0 Å². The summed E-state index contributed by atoms with van der Waals surface area (Å²) in [6, 6.07) is 20.2. The lowest BCUT2D eigenvalue weighted by Crippen LogP contribution is -2.53. The largest absolute Gasteiger partial charge is 0.495 e. The van der Waals surface area contributed by atoms with E-state index in [-0.39, 0.29) is 5.56 Å². The SMILES string of the molecule is COc1ccccc1N1CCN(C(=Nc2cccc(C)c2)NC(=O)c2ccc(C)c(F)c2)CC1. The predicted molar refractivity (Wildman–Crippen MR) is 134 cm³/mol. The molecule has 1 aliphatic heterocycles. The number of aryl methyl sites for hydroxylation is 2. The van der Waals surface area contributed by atoms with Crippen molar-refractivity contribution in [3.8, 4) is 5.75 Å². The summed E-state index contributed by atoms with van der Waals surface area (Å²) in [7, 11) is 1.67. The topological polar surface area (TPSA) is 57.2 Å². The molecule has 7 heteroatoms. The van der Waals surface area contributed by atoms with Gasteiger partial charge in [0.2, 0.25) is 5.96 Å². The molecule has 0 atom stereocenters. The molecule has 1 saturated heterocycles. The van der Waals surface area contributed by atoms with Gasteiger partial charge in [-0.15, -0.1) is 0 Å². The van der Waals surface area contributed by atoms with Crippen molar-refractivity contribution in [1.29, 1.82) is 0 Å². The van der Waals surface area contributed by atoms with Crippen LogP contribution in [0.15, 0.2) is 71.7 Å². The number of amides is 1. The number of aliphatic imine (C=N–C) groups is 1. The quantitative estimate of drug-likeness (QED) is 0.453. The normalized spacial score (nSPS) is 14.2. The first-order valence-corrected chi connectivity index (χ1v) is 11.3. The lowest BCUT2D eigenvalue weighted by Gasteiger charge is -2.38. The van der Waals surface area contributed by atoms with Gasteiger partial charge in [0, 0.05) is 31.7 Å². The maximum Gasteiger partial charge on any atom is 0.258 e. The van der Waals surface area contributed by atoms with Crippen LogP contribution in [0.5, 0.6) is 5.75 Å². The number of halogens is 1. The zero-order valence-electron chi connectivity index (χ0n) is 19.7. The number of piperazine rings is 1. The van der Waals surface area contributed by atoms with Gasteiger partial charge in [0.15, 0.2) is 0 Å². The Hall–Kier alpha value is -3.87. The molecule has 3 aromatic rings. The van der Waals surface area contributed by atoms with Crippen LogP contribution in [-0.4, -0.2) is 50.1 Å². The number of benzene rings is 3. The Bertz CT molecular complexity index is 1200. The highest BCUT2D eigenvalue weighted by Gasteiger charge is 2.23. The van der Waals surface area contributed by atoms with Crippen LogP contribution < -0.4 is 15.0 Å². The fraction of sp³-hybridized carbons (Fsp3) is 0.259. The minimum Gasteiger partial charge on any atom is -0.495 e. The smallest absolute Gasteiger partial charge is 0.258 e. The second-order valence-electron chi connectivity index (χ2n) is 8.34. The van der Waals surface area contributed by atoms with Crippen molar-refractivity contribution >= 4 is 23.2 Å². The molecule has 6 nitrogen and oxygen atoms in total. The molecule has 1 heterocycles. The zero-order valence-corrected chi connectivity index (χ0v) is 19.7. The van der Waals surface area contributed by atoms with Crippen molar-refractivity contribution in [1.82, 2.24) is 10.2 Å². The van der Waals surface area contributed by atoms with Gasteiger partial charge in [0.05, 0.1) is 18.5 Å². The van der Waals surface area contributed by atoms with Gasteiger partial charge in [-0.1, -0.05) is 30.3 Å². The van der Waals surface area contributed by atoms with Crippen LogP contribution in [0.4, 0.5) is 15.8 Å². The lowest BCUT2D eigenvalue weighted by molar-refractivity contribution is 0.0971. The molecule has 0 aromatic heterocycles. The summed E-state index contributed by atoms with van der Waals surface area (Å²) in [6.07, 6.45) is 0. The van der Waals surface area contributed by atoms with E-state index in [4.69, 9.17) is 9.73 Å². The van der Waals surface area contributed by atoms with Crippen LogP contribution in [0.25, 0.3) is 0 Å². The molecule has 1 N–H and O–H groups in total. The van der Waals surface area contributed by atoms with Crippen molar-refractivity contribution in [3.05, 3.63) is 89.2 Å². The summed E-state index contributed by atoms with van der Waals surface area (Å²) in [5, 5.41) is 2.92. The summed E-state index contributed by atoms with van der Waals surface area (Å²) in [4.78, 5) is 22.0. The highest BCUT2D eigenvalue weighted by Crippen LogP contribution is 2.28. The van der Waals surface area contributed by atoms with Gasteiger partial charge >= 0.3 is 0 Å². The van der Waals surface area contributed by atoms with Crippen molar-refractivity contribution in [2.24, 2.45) is 4.99 Å². The van der Waals surface area contributed by atoms with E-state index in [1.54, 1.807) is 26.2 Å². The Morgan fingerprint density at radius 3 is 2.44 bits per heavy atom. The maximum atomic E-state index is 14.1. The van der Waals surface area contributed by atoms with Crippen LogP contribution in [0.3, 0.4) is 0 Å². The number of nitrogens with zero attached hydrogens (tertiary/aromatic N) is 3. The third-order valence-electron chi connectivity index (χ3n) is 5.90. The number of hydrogen-bond acceptors (Lipinski definition) is 4. The molecule has 0 spiro atoms. The second kappa shape index (κ2) is 10.4. The van der Waals surface area contributed by atoms with E-state index < -0.39 is 11.7 Å². The third-order valence-corrected chi connectivity index (χ3v) is 5.90. The van der Waals surface area contributed by atoms with Gasteiger partial charge in [-0.05, 0) is 61.4 Å². The molecule has 0 radical (unpaired) electrons. The molecule has 1 amide bonds. The van der Waals surface area contributed by atoms with Crippen LogP contribution in [-0.2, 0) is 0 Å². The summed E-state index contributed by atoms with van der Waals surface area (Å²) in [5.74, 6) is 0.489. The summed E-state index contributed by atoms with van der Waals surface area (Å²) < 4.78 is 19.6. The van der Waals surface area contributed by atoms with Crippen LogP contribution >= 0.6 is 0 Å². The second-order valence-corrected chi connectivity index (χ2v) is 8.34. The van der Waals surface area contributed by atoms with E-state index in [2.05, 4.69) is 15.1 Å². The van der Waals surface area contributed by atoms with Gasteiger partial charge in [-0.2, -0.15) is 0 Å². The Kier molecular flexibility index (Phi) is 7.11. The first-order chi connectivity index (χ1) is 16.4. The highest BCUT2D eigenvalue weighted by molar-refractivity contribution is 6.06. The molecule has 1 fully saturated rings. The number of anilines is 1. The third kappa shape index (κ3) is 5.36. The van der Waals surface area contributed by atoms with E-state index in [1.165, 1.54) is 6.07 Å². The van der Waals surface area contributed by atoms with E-state index in [9.17, 15) is 9.18 Å². The molecular weight excluding hydrogens is 431 g/mol. The van der Waals surface area contributed by atoms with Crippen molar-refractivity contribution in [2.75, 3.05) is 38.2 Å². The number of guanidine groups is 1. The number of carbonyl (C=O) groups is 1. The number of rotatable bonds is 4. The predicted octanol–water partition coefficient (Wildman–Crippen LogP) is 4.69. The lowest BCUT2D eigenvalue weighted by atomic mass is 10.1. The summed E-state index contributed by atoms with van der Waals surface area (Å²) in [6.45, 7) is 6.46. The highest BCUT2D eigenvalue weighted by atomic mass is 19.1. The number of para-hydroxylation sites is 2. The summed E-state index contributed by atoms with van der Waals surface area (Å²) >= 11 is 0.